The number of halogens is 1. The van der Waals surface area contributed by atoms with Crippen molar-refractivity contribution in [3.63, 3.8) is 0 Å². The van der Waals surface area contributed by atoms with E-state index in [9.17, 15) is 9.18 Å². The molecular weight excluding hydrogens is 283 g/mol. The van der Waals surface area contributed by atoms with Crippen LogP contribution in [0.2, 0.25) is 0 Å². The molecule has 2 heterocycles. The Labute approximate surface area is 128 Å². The normalized spacial score (nSPS) is 18.4. The van der Waals surface area contributed by atoms with Gasteiger partial charge in [0.1, 0.15) is 17.7 Å². The number of amides is 1. The van der Waals surface area contributed by atoms with Crippen molar-refractivity contribution in [2.45, 2.75) is 25.3 Å². The predicted octanol–water partition coefficient (Wildman–Crippen LogP) is 2.36. The molecule has 1 aromatic carbocycles. The van der Waals surface area contributed by atoms with Gasteiger partial charge >= 0.3 is 0 Å². The molecule has 1 amide bonds. The summed E-state index contributed by atoms with van der Waals surface area (Å²) >= 11 is 0. The summed E-state index contributed by atoms with van der Waals surface area (Å²) in [6, 6.07) is 9.41. The van der Waals surface area contributed by atoms with Gasteiger partial charge in [0.25, 0.3) is 0 Å². The van der Waals surface area contributed by atoms with Crippen molar-refractivity contribution in [2.75, 3.05) is 11.9 Å². The minimum absolute atomic E-state index is 0.00177. The van der Waals surface area contributed by atoms with Crippen LogP contribution in [0.15, 0.2) is 36.4 Å². The number of carbonyl (C=O) groups excluding carboxylic acids is 1. The SMILES string of the molecule is O=C1NCCCCC1Nc1ccc(-c2ccc(F)cc2)nn1. The van der Waals surface area contributed by atoms with Crippen LogP contribution in [0.3, 0.4) is 0 Å². The van der Waals surface area contributed by atoms with Crippen molar-refractivity contribution < 1.29 is 9.18 Å². The first-order chi connectivity index (χ1) is 10.7. The Morgan fingerprint density at radius 2 is 1.91 bits per heavy atom. The zero-order chi connectivity index (χ0) is 15.4. The molecular formula is C16H17FN4O. The van der Waals surface area contributed by atoms with Crippen molar-refractivity contribution in [1.82, 2.24) is 15.5 Å². The minimum Gasteiger partial charge on any atom is -0.357 e. The molecule has 3 rings (SSSR count). The Morgan fingerprint density at radius 3 is 2.64 bits per heavy atom. The van der Waals surface area contributed by atoms with E-state index >= 15 is 0 Å². The van der Waals surface area contributed by atoms with E-state index in [0.29, 0.717) is 11.5 Å². The molecule has 0 aliphatic carbocycles. The summed E-state index contributed by atoms with van der Waals surface area (Å²) < 4.78 is 12.9. The third kappa shape index (κ3) is 3.39. The van der Waals surface area contributed by atoms with Gasteiger partial charge in [0.2, 0.25) is 5.91 Å². The second-order valence-corrected chi connectivity index (χ2v) is 5.29. The highest BCUT2D eigenvalue weighted by molar-refractivity contribution is 5.84. The van der Waals surface area contributed by atoms with Gasteiger partial charge < -0.3 is 10.6 Å². The molecule has 1 unspecified atom stereocenters. The summed E-state index contributed by atoms with van der Waals surface area (Å²) in [5, 5.41) is 14.2. The van der Waals surface area contributed by atoms with Gasteiger partial charge in [-0.25, -0.2) is 4.39 Å². The van der Waals surface area contributed by atoms with Crippen molar-refractivity contribution >= 4 is 11.7 Å². The lowest BCUT2D eigenvalue weighted by molar-refractivity contribution is -0.121. The third-order valence-electron chi connectivity index (χ3n) is 3.66. The van der Waals surface area contributed by atoms with E-state index in [1.165, 1.54) is 12.1 Å². The monoisotopic (exact) mass is 300 g/mol. The number of hydrogen-bond acceptors (Lipinski definition) is 4. The van der Waals surface area contributed by atoms with E-state index in [-0.39, 0.29) is 17.8 Å². The zero-order valence-electron chi connectivity index (χ0n) is 12.1. The maximum absolute atomic E-state index is 12.9. The molecule has 5 nitrogen and oxygen atoms in total. The highest BCUT2D eigenvalue weighted by atomic mass is 19.1. The number of anilines is 1. The van der Waals surface area contributed by atoms with Crippen LogP contribution >= 0.6 is 0 Å². The molecule has 2 aromatic rings. The van der Waals surface area contributed by atoms with Gasteiger partial charge in [0.15, 0.2) is 0 Å². The van der Waals surface area contributed by atoms with E-state index in [0.717, 1.165) is 31.4 Å². The molecule has 0 bridgehead atoms. The quantitative estimate of drug-likeness (QED) is 0.913. The van der Waals surface area contributed by atoms with Crippen LogP contribution in [0, 0.1) is 5.82 Å². The van der Waals surface area contributed by atoms with Crippen LogP contribution in [0.1, 0.15) is 19.3 Å². The number of benzene rings is 1. The molecule has 1 fully saturated rings. The van der Waals surface area contributed by atoms with Crippen LogP contribution in [0.25, 0.3) is 11.3 Å². The smallest absolute Gasteiger partial charge is 0.242 e. The van der Waals surface area contributed by atoms with Gasteiger partial charge in [0.05, 0.1) is 5.69 Å². The molecule has 1 atom stereocenters. The van der Waals surface area contributed by atoms with Gasteiger partial charge in [-0.05, 0) is 55.7 Å². The highest BCUT2D eigenvalue weighted by Crippen LogP contribution is 2.18. The molecule has 1 aromatic heterocycles. The minimum atomic E-state index is -0.283. The second kappa shape index (κ2) is 6.51. The molecule has 1 saturated heterocycles. The number of aromatic nitrogens is 2. The van der Waals surface area contributed by atoms with E-state index in [4.69, 9.17) is 0 Å². The summed E-state index contributed by atoms with van der Waals surface area (Å²) in [5.41, 5.74) is 1.46. The fourth-order valence-corrected chi connectivity index (χ4v) is 2.44. The molecule has 1 aliphatic heterocycles. The largest absolute Gasteiger partial charge is 0.357 e. The van der Waals surface area contributed by atoms with E-state index in [1.807, 2.05) is 0 Å². The van der Waals surface area contributed by atoms with Crippen molar-refractivity contribution in [1.29, 1.82) is 0 Å². The van der Waals surface area contributed by atoms with Gasteiger partial charge in [0, 0.05) is 12.1 Å². The Morgan fingerprint density at radius 1 is 1.09 bits per heavy atom. The molecule has 6 heteroatoms. The average molecular weight is 300 g/mol. The van der Waals surface area contributed by atoms with Gasteiger partial charge in [-0.3, -0.25) is 4.79 Å². The molecule has 0 radical (unpaired) electrons. The van der Waals surface area contributed by atoms with Crippen molar-refractivity contribution in [2.24, 2.45) is 0 Å². The number of carbonyl (C=O) groups is 1. The maximum atomic E-state index is 12.9. The van der Waals surface area contributed by atoms with Crippen molar-refractivity contribution in [3.8, 4) is 11.3 Å². The molecule has 2 N–H and O–H groups in total. The first kappa shape index (κ1) is 14.4. The van der Waals surface area contributed by atoms with E-state index in [2.05, 4.69) is 20.8 Å². The van der Waals surface area contributed by atoms with Crippen LogP contribution in [-0.4, -0.2) is 28.7 Å². The average Bonchev–Trinajstić information content (AvgIpc) is 2.74. The van der Waals surface area contributed by atoms with Gasteiger partial charge in [-0.2, -0.15) is 0 Å². The molecule has 1 aliphatic rings. The Balaban J connectivity index is 1.71. The Hall–Kier alpha value is -2.50. The molecule has 114 valence electrons. The summed E-state index contributed by atoms with van der Waals surface area (Å²) in [6.07, 6.45) is 2.78. The van der Waals surface area contributed by atoms with Crippen molar-refractivity contribution in [3.05, 3.63) is 42.2 Å². The van der Waals surface area contributed by atoms with Crippen LogP contribution in [0.4, 0.5) is 10.2 Å². The van der Waals surface area contributed by atoms with E-state index < -0.39 is 0 Å². The third-order valence-corrected chi connectivity index (χ3v) is 3.66. The summed E-state index contributed by atoms with van der Waals surface area (Å²) in [7, 11) is 0. The topological polar surface area (TPSA) is 66.9 Å². The number of nitrogens with one attached hydrogen (secondary N) is 2. The van der Waals surface area contributed by atoms with Gasteiger partial charge in [-0.1, -0.05) is 0 Å². The Kier molecular flexibility index (Phi) is 4.27. The molecule has 0 spiro atoms. The number of rotatable bonds is 3. The fraction of sp³-hybridized carbons (Fsp3) is 0.312. The van der Waals surface area contributed by atoms with Crippen LogP contribution in [-0.2, 0) is 4.79 Å². The summed E-state index contributed by atoms with van der Waals surface area (Å²) in [4.78, 5) is 11.9. The predicted molar refractivity (Wildman–Crippen MR) is 81.7 cm³/mol. The maximum Gasteiger partial charge on any atom is 0.242 e. The lowest BCUT2D eigenvalue weighted by Gasteiger charge is -2.15. The summed E-state index contributed by atoms with van der Waals surface area (Å²) in [5.74, 6) is 0.282. The number of hydrogen-bond donors (Lipinski definition) is 2. The fourth-order valence-electron chi connectivity index (χ4n) is 2.44. The zero-order valence-corrected chi connectivity index (χ0v) is 12.1. The Bertz CT molecular complexity index is 642. The molecule has 0 saturated carbocycles. The lowest BCUT2D eigenvalue weighted by Crippen LogP contribution is -2.38. The second-order valence-electron chi connectivity index (χ2n) is 5.29. The lowest BCUT2D eigenvalue weighted by atomic mass is 10.1. The molecule has 22 heavy (non-hydrogen) atoms. The van der Waals surface area contributed by atoms with Crippen LogP contribution in [0.5, 0.6) is 0 Å². The standard InChI is InChI=1S/C16H17FN4O/c17-12-6-4-11(5-7-12)13-8-9-15(21-20-13)19-14-3-1-2-10-18-16(14)22/h4-9,14H,1-3,10H2,(H,18,22)(H,19,21). The van der Waals surface area contributed by atoms with Crippen LogP contribution < -0.4 is 10.6 Å². The van der Waals surface area contributed by atoms with Gasteiger partial charge in [-0.15, -0.1) is 10.2 Å². The first-order valence-electron chi connectivity index (χ1n) is 7.36. The first-order valence-corrected chi connectivity index (χ1v) is 7.36. The highest BCUT2D eigenvalue weighted by Gasteiger charge is 2.20. The van der Waals surface area contributed by atoms with E-state index in [1.54, 1.807) is 24.3 Å². The number of nitrogens with zero attached hydrogens (tertiary/aromatic N) is 2. The summed E-state index contributed by atoms with van der Waals surface area (Å²) in [6.45, 7) is 0.728.